The summed E-state index contributed by atoms with van der Waals surface area (Å²) in [6, 6.07) is 10.6. The molecule has 11 heteroatoms. The molecule has 1 aliphatic carbocycles. The second-order valence-corrected chi connectivity index (χ2v) is 12.9. The van der Waals surface area contributed by atoms with Gasteiger partial charge in [0.25, 0.3) is 10.0 Å². The first-order valence-corrected chi connectivity index (χ1v) is 15.5. The van der Waals surface area contributed by atoms with Crippen LogP contribution in [0.3, 0.4) is 0 Å². The molecule has 3 amide bonds. The van der Waals surface area contributed by atoms with Crippen molar-refractivity contribution in [2.75, 3.05) is 37.6 Å². The Morgan fingerprint density at radius 3 is 2.42 bits per heavy atom. The number of nitrogens with zero attached hydrogens (tertiary/aromatic N) is 5. The van der Waals surface area contributed by atoms with E-state index in [0.717, 1.165) is 47.6 Å². The van der Waals surface area contributed by atoms with Crippen molar-refractivity contribution in [1.82, 2.24) is 19.1 Å². The molecular formula is C27H31N5O4S2. The SMILES string of the molecule is O=C([C@@H]1CN(S(=O)(=O)c2ccccc2)C(=O)N1C1CCCCC1)N1CCN(c2nccc3sccc23)CC1. The van der Waals surface area contributed by atoms with Crippen molar-refractivity contribution < 1.29 is 18.0 Å². The van der Waals surface area contributed by atoms with Gasteiger partial charge in [0.05, 0.1) is 11.4 Å². The largest absolute Gasteiger partial charge is 0.353 e. The number of pyridine rings is 1. The van der Waals surface area contributed by atoms with Gasteiger partial charge in [-0.2, -0.15) is 0 Å². The average molecular weight is 554 g/mol. The number of benzene rings is 1. The first-order valence-electron chi connectivity index (χ1n) is 13.2. The van der Waals surface area contributed by atoms with Gasteiger partial charge in [-0.25, -0.2) is 22.5 Å². The molecule has 3 fully saturated rings. The number of thiophene rings is 1. The Morgan fingerprint density at radius 1 is 0.947 bits per heavy atom. The predicted octanol–water partition coefficient (Wildman–Crippen LogP) is 3.77. The maximum absolute atomic E-state index is 13.9. The first kappa shape index (κ1) is 25.1. The molecule has 6 rings (SSSR count). The highest BCUT2D eigenvalue weighted by Gasteiger charge is 2.50. The van der Waals surface area contributed by atoms with Crippen molar-refractivity contribution in [3.8, 4) is 0 Å². The summed E-state index contributed by atoms with van der Waals surface area (Å²) in [5.41, 5.74) is 0. The monoisotopic (exact) mass is 553 g/mol. The number of piperazine rings is 1. The Hall–Kier alpha value is -3.18. The van der Waals surface area contributed by atoms with E-state index in [9.17, 15) is 18.0 Å². The molecule has 2 aliphatic heterocycles. The maximum Gasteiger partial charge on any atom is 0.335 e. The molecule has 3 aliphatic rings. The summed E-state index contributed by atoms with van der Waals surface area (Å²) < 4.78 is 29.0. The third kappa shape index (κ3) is 4.41. The van der Waals surface area contributed by atoms with Crippen molar-refractivity contribution in [1.29, 1.82) is 0 Å². The van der Waals surface area contributed by atoms with Crippen LogP contribution in [0.4, 0.5) is 10.6 Å². The molecule has 9 nitrogen and oxygen atoms in total. The van der Waals surface area contributed by atoms with Crippen LogP contribution in [0.5, 0.6) is 0 Å². The van der Waals surface area contributed by atoms with Gasteiger partial charge in [0.1, 0.15) is 11.9 Å². The number of hydrogen-bond acceptors (Lipinski definition) is 7. The van der Waals surface area contributed by atoms with E-state index in [1.54, 1.807) is 39.3 Å². The Morgan fingerprint density at radius 2 is 1.68 bits per heavy atom. The number of sulfonamides is 1. The Bertz CT molecular complexity index is 1430. The molecule has 4 heterocycles. The molecule has 1 saturated carbocycles. The molecule has 0 radical (unpaired) electrons. The first-order chi connectivity index (χ1) is 18.4. The molecule has 1 aromatic carbocycles. The molecule has 0 bridgehead atoms. The number of aromatic nitrogens is 1. The van der Waals surface area contributed by atoms with E-state index in [1.165, 1.54) is 16.8 Å². The molecule has 200 valence electrons. The van der Waals surface area contributed by atoms with E-state index in [4.69, 9.17) is 0 Å². The smallest absolute Gasteiger partial charge is 0.335 e. The van der Waals surface area contributed by atoms with Gasteiger partial charge < -0.3 is 14.7 Å². The number of fused-ring (bicyclic) bond motifs is 1. The zero-order chi connectivity index (χ0) is 26.3. The van der Waals surface area contributed by atoms with Crippen molar-refractivity contribution >= 4 is 49.2 Å². The van der Waals surface area contributed by atoms with Crippen molar-refractivity contribution in [3.05, 3.63) is 54.0 Å². The quantitative estimate of drug-likeness (QED) is 0.478. The number of carbonyl (C=O) groups is 2. The van der Waals surface area contributed by atoms with E-state index in [1.807, 2.05) is 12.3 Å². The summed E-state index contributed by atoms with van der Waals surface area (Å²) in [7, 11) is -4.06. The van der Waals surface area contributed by atoms with Crippen molar-refractivity contribution in [2.45, 2.75) is 49.1 Å². The Labute approximate surface area is 226 Å². The van der Waals surface area contributed by atoms with Gasteiger partial charge >= 0.3 is 6.03 Å². The number of urea groups is 1. The topological polar surface area (TPSA) is 94.1 Å². The van der Waals surface area contributed by atoms with Crippen LogP contribution in [-0.4, -0.2) is 84.3 Å². The molecular weight excluding hydrogens is 522 g/mol. The summed E-state index contributed by atoms with van der Waals surface area (Å²) >= 11 is 1.68. The van der Waals surface area contributed by atoms with Gasteiger partial charge in [0.15, 0.2) is 0 Å². The van der Waals surface area contributed by atoms with Gasteiger partial charge in [0, 0.05) is 48.5 Å². The van der Waals surface area contributed by atoms with Crippen LogP contribution in [0.1, 0.15) is 32.1 Å². The third-order valence-electron chi connectivity index (χ3n) is 7.94. The van der Waals surface area contributed by atoms with Gasteiger partial charge in [-0.05, 0) is 42.5 Å². The molecule has 0 spiro atoms. The number of rotatable bonds is 5. The predicted molar refractivity (Wildman–Crippen MR) is 147 cm³/mol. The Balaban J connectivity index is 1.23. The summed E-state index contributed by atoms with van der Waals surface area (Å²) in [6.07, 6.45) is 6.44. The fraction of sp³-hybridized carbons (Fsp3) is 0.444. The fourth-order valence-electron chi connectivity index (χ4n) is 5.95. The van der Waals surface area contributed by atoms with Gasteiger partial charge in [0.2, 0.25) is 5.91 Å². The van der Waals surface area contributed by atoms with E-state index in [2.05, 4.69) is 21.3 Å². The molecule has 0 N–H and O–H groups in total. The van der Waals surface area contributed by atoms with Crippen LogP contribution in [0.15, 0.2) is 58.9 Å². The van der Waals surface area contributed by atoms with Gasteiger partial charge in [-0.3, -0.25) is 4.79 Å². The summed E-state index contributed by atoms with van der Waals surface area (Å²) in [5, 5.41) is 3.17. The lowest BCUT2D eigenvalue weighted by molar-refractivity contribution is -0.136. The molecule has 38 heavy (non-hydrogen) atoms. The average Bonchev–Trinajstić information content (AvgIpc) is 3.58. The van der Waals surface area contributed by atoms with Crippen LogP contribution in [0.25, 0.3) is 10.1 Å². The van der Waals surface area contributed by atoms with Crippen LogP contribution < -0.4 is 4.90 Å². The van der Waals surface area contributed by atoms with E-state index in [-0.39, 0.29) is 23.4 Å². The number of carbonyl (C=O) groups excluding carboxylic acids is 2. The lowest BCUT2D eigenvalue weighted by Crippen LogP contribution is -2.56. The minimum Gasteiger partial charge on any atom is -0.353 e. The Kier molecular flexibility index (Phi) is 6.73. The lowest BCUT2D eigenvalue weighted by atomic mass is 9.93. The van der Waals surface area contributed by atoms with Crippen LogP contribution in [0.2, 0.25) is 0 Å². The van der Waals surface area contributed by atoms with Crippen LogP contribution in [0, 0.1) is 0 Å². The number of anilines is 1. The number of hydrogen-bond donors (Lipinski definition) is 0. The zero-order valence-electron chi connectivity index (χ0n) is 21.1. The minimum atomic E-state index is -4.06. The molecule has 3 aromatic rings. The molecule has 2 aromatic heterocycles. The molecule has 2 saturated heterocycles. The van der Waals surface area contributed by atoms with Crippen molar-refractivity contribution in [3.63, 3.8) is 0 Å². The van der Waals surface area contributed by atoms with E-state index in [0.29, 0.717) is 26.2 Å². The number of amides is 3. The zero-order valence-corrected chi connectivity index (χ0v) is 22.7. The highest BCUT2D eigenvalue weighted by atomic mass is 32.2. The molecule has 0 unspecified atom stereocenters. The second-order valence-electron chi connectivity index (χ2n) is 10.1. The van der Waals surface area contributed by atoms with E-state index >= 15 is 0 Å². The van der Waals surface area contributed by atoms with Gasteiger partial charge in [-0.1, -0.05) is 37.5 Å². The third-order valence-corrected chi connectivity index (χ3v) is 10.6. The van der Waals surface area contributed by atoms with Gasteiger partial charge in [-0.15, -0.1) is 11.3 Å². The van der Waals surface area contributed by atoms with E-state index < -0.39 is 22.1 Å². The fourth-order valence-corrected chi connectivity index (χ4v) is 8.12. The highest BCUT2D eigenvalue weighted by Crippen LogP contribution is 2.33. The van der Waals surface area contributed by atoms with Crippen LogP contribution in [-0.2, 0) is 14.8 Å². The second kappa shape index (κ2) is 10.2. The highest BCUT2D eigenvalue weighted by molar-refractivity contribution is 7.89. The minimum absolute atomic E-state index is 0.0637. The summed E-state index contributed by atoms with van der Waals surface area (Å²) in [4.78, 5) is 37.8. The summed E-state index contributed by atoms with van der Waals surface area (Å²) in [5.74, 6) is 0.756. The van der Waals surface area contributed by atoms with Crippen molar-refractivity contribution in [2.24, 2.45) is 0 Å². The maximum atomic E-state index is 13.9. The molecule has 1 atom stereocenters. The normalized spacial score (nSPS) is 21.5. The standard InChI is InChI=1S/C27H31N5O4S2/c33-26(30-16-14-29(15-17-30)25-22-12-18-37-24(22)11-13-28-25)23-19-31(38(35,36)21-9-5-2-6-10-21)27(34)32(23)20-7-3-1-4-8-20/h2,5-6,9-13,18,20,23H,1,3-4,7-8,14-17,19H2/t23-/m0/s1. The van der Waals surface area contributed by atoms with Crippen LogP contribution >= 0.6 is 11.3 Å². The summed E-state index contributed by atoms with van der Waals surface area (Å²) in [6.45, 7) is 2.10. The lowest BCUT2D eigenvalue weighted by Gasteiger charge is -2.39.